The molecule has 33 heavy (non-hydrogen) atoms. The molecule has 0 atom stereocenters. The maximum atomic E-state index is 12.8. The van der Waals surface area contributed by atoms with Gasteiger partial charge in [0.1, 0.15) is 6.61 Å². The summed E-state index contributed by atoms with van der Waals surface area (Å²) in [5.74, 6) is 0.00590. The SMILES string of the molecule is O=C1S/C(=C/c2cc(Cl)c(OCc3ccc(Cl)cc3Cl)c(Br)c2)C(=O)N1c1ccc(Cl)cc1. The van der Waals surface area contributed by atoms with Gasteiger partial charge < -0.3 is 4.74 Å². The molecule has 0 unspecified atom stereocenters. The number of imide groups is 1. The van der Waals surface area contributed by atoms with Crippen LogP contribution in [0, 0.1) is 0 Å². The smallest absolute Gasteiger partial charge is 0.298 e. The molecular weight excluding hydrogens is 592 g/mol. The molecule has 1 aliphatic rings. The minimum Gasteiger partial charge on any atom is -0.486 e. The number of ether oxygens (including phenoxy) is 1. The van der Waals surface area contributed by atoms with E-state index < -0.39 is 11.1 Å². The molecule has 3 aromatic rings. The maximum absolute atomic E-state index is 12.8. The molecule has 168 valence electrons. The topological polar surface area (TPSA) is 46.6 Å². The van der Waals surface area contributed by atoms with E-state index in [2.05, 4.69) is 15.9 Å². The quantitative estimate of drug-likeness (QED) is 0.273. The zero-order chi connectivity index (χ0) is 23.7. The molecule has 10 heteroatoms. The van der Waals surface area contributed by atoms with Crippen molar-refractivity contribution in [1.29, 1.82) is 0 Å². The molecule has 1 fully saturated rings. The van der Waals surface area contributed by atoms with Crippen LogP contribution in [-0.4, -0.2) is 11.1 Å². The normalized spacial score (nSPS) is 14.9. The number of rotatable bonds is 5. The first-order chi connectivity index (χ1) is 15.7. The summed E-state index contributed by atoms with van der Waals surface area (Å²) in [5.41, 5.74) is 1.84. The minimum absolute atomic E-state index is 0.188. The molecule has 3 aromatic carbocycles. The highest BCUT2D eigenvalue weighted by Crippen LogP contribution is 2.39. The van der Waals surface area contributed by atoms with Crippen LogP contribution in [0.3, 0.4) is 0 Å². The van der Waals surface area contributed by atoms with Crippen molar-refractivity contribution in [3.8, 4) is 5.75 Å². The van der Waals surface area contributed by atoms with Gasteiger partial charge in [0.15, 0.2) is 5.75 Å². The maximum Gasteiger partial charge on any atom is 0.298 e. The summed E-state index contributed by atoms with van der Waals surface area (Å²) in [4.78, 5) is 26.7. The van der Waals surface area contributed by atoms with Gasteiger partial charge in [-0.3, -0.25) is 9.59 Å². The Hall–Kier alpha value is -1.67. The predicted molar refractivity (Wildman–Crippen MR) is 140 cm³/mol. The molecule has 0 saturated carbocycles. The summed E-state index contributed by atoms with van der Waals surface area (Å²) in [5, 5.41) is 1.48. The number of hydrogen-bond donors (Lipinski definition) is 0. The fraction of sp³-hybridized carbons (Fsp3) is 0.0435. The first-order valence-electron chi connectivity index (χ1n) is 9.32. The van der Waals surface area contributed by atoms with Crippen molar-refractivity contribution in [2.45, 2.75) is 6.61 Å². The monoisotopic (exact) mass is 601 g/mol. The Morgan fingerprint density at radius 3 is 2.27 bits per heavy atom. The lowest BCUT2D eigenvalue weighted by Crippen LogP contribution is -2.27. The molecule has 0 bridgehead atoms. The average Bonchev–Trinajstić information content (AvgIpc) is 3.02. The van der Waals surface area contributed by atoms with E-state index >= 15 is 0 Å². The molecule has 0 spiro atoms. The zero-order valence-electron chi connectivity index (χ0n) is 16.5. The number of halogens is 5. The van der Waals surface area contributed by atoms with Gasteiger partial charge in [0.25, 0.3) is 11.1 Å². The van der Waals surface area contributed by atoms with Gasteiger partial charge in [0, 0.05) is 20.6 Å². The molecule has 1 heterocycles. The lowest BCUT2D eigenvalue weighted by Gasteiger charge is -2.13. The molecule has 1 aliphatic heterocycles. The molecule has 0 N–H and O–H groups in total. The van der Waals surface area contributed by atoms with Gasteiger partial charge in [-0.1, -0.05) is 52.5 Å². The van der Waals surface area contributed by atoms with E-state index in [1.807, 2.05) is 0 Å². The summed E-state index contributed by atoms with van der Waals surface area (Å²) in [6, 6.07) is 15.0. The van der Waals surface area contributed by atoms with Crippen LogP contribution < -0.4 is 9.64 Å². The van der Waals surface area contributed by atoms with Crippen LogP contribution in [0.25, 0.3) is 6.08 Å². The fourth-order valence-electron chi connectivity index (χ4n) is 3.02. The first-order valence-corrected chi connectivity index (χ1v) is 12.4. The number of nitrogens with zero attached hydrogens (tertiary/aromatic N) is 1. The number of amides is 2. The van der Waals surface area contributed by atoms with E-state index in [9.17, 15) is 9.59 Å². The number of carbonyl (C=O) groups excluding carboxylic acids is 2. The Labute approximate surface area is 222 Å². The third-order valence-electron chi connectivity index (χ3n) is 4.58. The number of anilines is 1. The molecule has 0 aliphatic carbocycles. The second-order valence-corrected chi connectivity index (χ2v) is 10.4. The predicted octanol–water partition coefficient (Wildman–Crippen LogP) is 8.88. The largest absolute Gasteiger partial charge is 0.486 e. The summed E-state index contributed by atoms with van der Waals surface area (Å²) in [7, 11) is 0. The van der Waals surface area contributed by atoms with Crippen molar-refractivity contribution in [2.24, 2.45) is 0 Å². The Morgan fingerprint density at radius 1 is 0.909 bits per heavy atom. The molecule has 2 amide bonds. The van der Waals surface area contributed by atoms with Gasteiger partial charge in [0.2, 0.25) is 0 Å². The van der Waals surface area contributed by atoms with Crippen LogP contribution in [0.1, 0.15) is 11.1 Å². The van der Waals surface area contributed by atoms with Gasteiger partial charge in [-0.2, -0.15) is 0 Å². The number of carbonyl (C=O) groups is 2. The Kier molecular flexibility index (Phi) is 7.63. The van der Waals surface area contributed by atoms with Gasteiger partial charge in [-0.05, 0) is 87.9 Å². The average molecular weight is 604 g/mol. The second-order valence-electron chi connectivity index (χ2n) is 6.83. The van der Waals surface area contributed by atoms with Crippen LogP contribution in [-0.2, 0) is 11.4 Å². The second kappa shape index (κ2) is 10.3. The number of thioether (sulfide) groups is 1. The van der Waals surface area contributed by atoms with Crippen LogP contribution in [0.4, 0.5) is 10.5 Å². The first kappa shape index (κ1) is 24.5. The van der Waals surface area contributed by atoms with E-state index in [1.165, 1.54) is 0 Å². The molecule has 1 saturated heterocycles. The summed E-state index contributed by atoms with van der Waals surface area (Å²) in [6.45, 7) is 0.188. The van der Waals surface area contributed by atoms with Crippen molar-refractivity contribution in [2.75, 3.05) is 4.90 Å². The fourth-order valence-corrected chi connectivity index (χ4v) is 5.44. The molecule has 4 rings (SSSR count). The van der Waals surface area contributed by atoms with Crippen LogP contribution >= 0.6 is 74.1 Å². The molecule has 0 aromatic heterocycles. The zero-order valence-corrected chi connectivity index (χ0v) is 21.9. The molecule has 4 nitrogen and oxygen atoms in total. The van der Waals surface area contributed by atoms with Crippen LogP contribution in [0.2, 0.25) is 20.1 Å². The number of hydrogen-bond acceptors (Lipinski definition) is 4. The van der Waals surface area contributed by atoms with E-state index in [4.69, 9.17) is 51.1 Å². The third-order valence-corrected chi connectivity index (χ3v) is 7.16. The van der Waals surface area contributed by atoms with Gasteiger partial charge in [0.05, 0.1) is 20.1 Å². The van der Waals surface area contributed by atoms with E-state index in [0.29, 0.717) is 41.6 Å². The summed E-state index contributed by atoms with van der Waals surface area (Å²) < 4.78 is 6.44. The summed E-state index contributed by atoms with van der Waals surface area (Å²) >= 11 is 28.8. The Morgan fingerprint density at radius 2 is 1.61 bits per heavy atom. The standard InChI is InChI=1S/C23H12BrCl4NO3S/c24-17-7-12(8-19(28)21(17)32-11-13-1-2-15(26)10-18(13)27)9-20-22(30)29(23(31)33-20)16-5-3-14(25)4-6-16/h1-10H,11H2/b20-9+. The van der Waals surface area contributed by atoms with E-state index in [0.717, 1.165) is 22.2 Å². The highest BCUT2D eigenvalue weighted by atomic mass is 79.9. The van der Waals surface area contributed by atoms with Crippen molar-refractivity contribution in [3.63, 3.8) is 0 Å². The van der Waals surface area contributed by atoms with Crippen molar-refractivity contribution in [3.05, 3.63) is 95.2 Å². The van der Waals surface area contributed by atoms with Gasteiger partial charge >= 0.3 is 0 Å². The van der Waals surface area contributed by atoms with E-state index in [1.54, 1.807) is 60.7 Å². The molecule has 0 radical (unpaired) electrons. The number of benzene rings is 3. The van der Waals surface area contributed by atoms with Crippen LogP contribution in [0.15, 0.2) is 64.0 Å². The Balaban J connectivity index is 1.54. The van der Waals surface area contributed by atoms with Gasteiger partial charge in [-0.25, -0.2) is 4.90 Å². The van der Waals surface area contributed by atoms with Gasteiger partial charge in [-0.15, -0.1) is 0 Å². The van der Waals surface area contributed by atoms with Crippen molar-refractivity contribution >= 4 is 97.0 Å². The lowest BCUT2D eigenvalue weighted by atomic mass is 10.2. The highest BCUT2D eigenvalue weighted by Gasteiger charge is 2.36. The molecular formula is C23H12BrCl4NO3S. The van der Waals surface area contributed by atoms with Crippen LogP contribution in [0.5, 0.6) is 5.75 Å². The van der Waals surface area contributed by atoms with E-state index in [-0.39, 0.29) is 11.5 Å². The minimum atomic E-state index is -0.419. The Bertz CT molecular complexity index is 1270. The third kappa shape index (κ3) is 5.53. The summed E-state index contributed by atoms with van der Waals surface area (Å²) in [6.07, 6.45) is 1.61. The van der Waals surface area contributed by atoms with Crippen molar-refractivity contribution in [1.82, 2.24) is 0 Å². The van der Waals surface area contributed by atoms with Crippen molar-refractivity contribution < 1.29 is 14.3 Å². The lowest BCUT2D eigenvalue weighted by molar-refractivity contribution is -0.113. The highest BCUT2D eigenvalue weighted by molar-refractivity contribution is 9.10.